The van der Waals surface area contributed by atoms with Crippen molar-refractivity contribution in [2.45, 2.75) is 50.9 Å². The van der Waals surface area contributed by atoms with Gasteiger partial charge in [0.15, 0.2) is 5.65 Å². The van der Waals surface area contributed by atoms with E-state index in [2.05, 4.69) is 25.0 Å². The predicted molar refractivity (Wildman–Crippen MR) is 108 cm³/mol. The summed E-state index contributed by atoms with van der Waals surface area (Å²) in [6, 6.07) is 2.23. The highest BCUT2D eigenvalue weighted by molar-refractivity contribution is 5.71. The molecule has 0 atom stereocenters. The van der Waals surface area contributed by atoms with E-state index < -0.39 is 24.8 Å². The lowest BCUT2D eigenvalue weighted by Gasteiger charge is -2.51. The van der Waals surface area contributed by atoms with Gasteiger partial charge in [-0.2, -0.15) is 18.3 Å². The van der Waals surface area contributed by atoms with Crippen molar-refractivity contribution >= 4 is 17.0 Å². The number of anilines is 1. The first-order valence-electron chi connectivity index (χ1n) is 10.6. The summed E-state index contributed by atoms with van der Waals surface area (Å²) in [7, 11) is 0. The fraction of sp³-hybridized carbons (Fsp3) is 0.524. The third-order valence-electron chi connectivity index (χ3n) is 6.44. The van der Waals surface area contributed by atoms with Gasteiger partial charge in [-0.05, 0) is 43.2 Å². The van der Waals surface area contributed by atoms with Crippen molar-refractivity contribution in [3.63, 3.8) is 0 Å². The molecule has 3 aromatic heterocycles. The van der Waals surface area contributed by atoms with Crippen LogP contribution < -0.4 is 9.64 Å². The van der Waals surface area contributed by atoms with Gasteiger partial charge >= 0.3 is 6.18 Å². The van der Waals surface area contributed by atoms with Crippen LogP contribution in [0.25, 0.3) is 11.2 Å². The highest BCUT2D eigenvalue weighted by Crippen LogP contribution is 2.50. The van der Waals surface area contributed by atoms with Crippen LogP contribution in [0, 0.1) is 5.41 Å². The average Bonchev–Trinajstić information content (AvgIpc) is 3.14. The summed E-state index contributed by atoms with van der Waals surface area (Å²) in [4.78, 5) is 14.3. The molecular formula is C21H21F5N6O. The van der Waals surface area contributed by atoms with Gasteiger partial charge in [0.2, 0.25) is 0 Å². The van der Waals surface area contributed by atoms with Crippen molar-refractivity contribution in [2.24, 2.45) is 5.41 Å². The molecule has 0 amide bonds. The summed E-state index contributed by atoms with van der Waals surface area (Å²) in [6.07, 6.45) is 0.618. The second-order valence-corrected chi connectivity index (χ2v) is 8.67. The van der Waals surface area contributed by atoms with Crippen molar-refractivity contribution in [2.75, 3.05) is 18.0 Å². The zero-order valence-corrected chi connectivity index (χ0v) is 17.5. The van der Waals surface area contributed by atoms with Crippen LogP contribution in [0.2, 0.25) is 0 Å². The Hall–Kier alpha value is -3.05. The summed E-state index contributed by atoms with van der Waals surface area (Å²) in [6.45, 7) is 0.968. The molecule has 3 aromatic rings. The second-order valence-electron chi connectivity index (χ2n) is 8.67. The molecule has 1 aliphatic heterocycles. The number of rotatable bonds is 5. The quantitative estimate of drug-likeness (QED) is 0.519. The van der Waals surface area contributed by atoms with Gasteiger partial charge in [-0.1, -0.05) is 0 Å². The average molecular weight is 468 g/mol. The number of hydrogen-bond acceptors (Lipinski definition) is 6. The fourth-order valence-corrected chi connectivity index (χ4v) is 4.67. The van der Waals surface area contributed by atoms with Crippen LogP contribution in [0.3, 0.4) is 0 Å². The van der Waals surface area contributed by atoms with E-state index >= 15 is 0 Å². The third-order valence-corrected chi connectivity index (χ3v) is 6.44. The number of alkyl halides is 5. The summed E-state index contributed by atoms with van der Waals surface area (Å²) in [5, 5.41) is 3.95. The molecule has 1 saturated carbocycles. The standard InChI is InChI=1S/C21H21F5N6O/c22-17(23)12-32-19-15(10-29-32)27-11-18(30-19)31-5-3-20(4-6-31)7-14(8-20)33-13-1-2-16(28-9-13)21(24,25)26/h1-2,9-11,14,17H,3-8,12H2. The smallest absolute Gasteiger partial charge is 0.433 e. The summed E-state index contributed by atoms with van der Waals surface area (Å²) < 4.78 is 70.4. The van der Waals surface area contributed by atoms with Gasteiger partial charge in [-0.25, -0.2) is 28.4 Å². The van der Waals surface area contributed by atoms with Crippen LogP contribution in [0.15, 0.2) is 30.7 Å². The fourth-order valence-electron chi connectivity index (χ4n) is 4.67. The predicted octanol–water partition coefficient (Wildman–Crippen LogP) is 4.33. The van der Waals surface area contributed by atoms with Gasteiger partial charge in [0.05, 0.1) is 24.7 Å². The monoisotopic (exact) mass is 468 g/mol. The maximum Gasteiger partial charge on any atom is 0.433 e. The molecule has 4 heterocycles. The van der Waals surface area contributed by atoms with E-state index in [9.17, 15) is 22.0 Å². The van der Waals surface area contributed by atoms with Crippen molar-refractivity contribution in [1.82, 2.24) is 24.7 Å². The zero-order chi connectivity index (χ0) is 23.2. The summed E-state index contributed by atoms with van der Waals surface area (Å²) in [5.74, 6) is 0.973. The first-order valence-corrected chi connectivity index (χ1v) is 10.6. The van der Waals surface area contributed by atoms with Gasteiger partial charge in [-0.15, -0.1) is 0 Å². The Balaban J connectivity index is 1.17. The topological polar surface area (TPSA) is 69.0 Å². The number of halogens is 5. The molecule has 2 fully saturated rings. The van der Waals surface area contributed by atoms with Crippen LogP contribution in [0.1, 0.15) is 31.4 Å². The molecule has 5 rings (SSSR count). The van der Waals surface area contributed by atoms with Crippen LogP contribution >= 0.6 is 0 Å². The van der Waals surface area contributed by atoms with Crippen molar-refractivity contribution in [3.8, 4) is 5.75 Å². The number of piperidine rings is 1. The van der Waals surface area contributed by atoms with E-state index in [1.807, 2.05) is 0 Å². The molecule has 1 aliphatic carbocycles. The minimum Gasteiger partial charge on any atom is -0.489 e. The molecule has 33 heavy (non-hydrogen) atoms. The first kappa shape index (κ1) is 21.8. The number of pyridine rings is 1. The van der Waals surface area contributed by atoms with Crippen molar-refractivity contribution in [1.29, 1.82) is 0 Å². The second kappa shape index (κ2) is 8.07. The number of nitrogens with zero attached hydrogens (tertiary/aromatic N) is 6. The number of hydrogen-bond donors (Lipinski definition) is 0. The van der Waals surface area contributed by atoms with Crippen molar-refractivity contribution < 1.29 is 26.7 Å². The SMILES string of the molecule is FC(F)Cn1ncc2ncc(N3CCC4(CC3)CC(Oc3ccc(C(F)(F)F)nc3)C4)nc21. The Morgan fingerprint density at radius 1 is 1.06 bits per heavy atom. The molecule has 12 heteroatoms. The van der Waals surface area contributed by atoms with E-state index in [4.69, 9.17) is 4.74 Å². The highest BCUT2D eigenvalue weighted by Gasteiger charge is 2.47. The summed E-state index contributed by atoms with van der Waals surface area (Å²) >= 11 is 0. The van der Waals surface area contributed by atoms with Gasteiger partial charge < -0.3 is 9.64 Å². The molecule has 0 bridgehead atoms. The van der Waals surface area contributed by atoms with Gasteiger partial charge in [0, 0.05) is 13.1 Å². The van der Waals surface area contributed by atoms with E-state index in [-0.39, 0.29) is 11.5 Å². The minimum absolute atomic E-state index is 0.0464. The molecule has 0 unspecified atom stereocenters. The maximum atomic E-state index is 12.8. The number of fused-ring (bicyclic) bond motifs is 1. The molecular weight excluding hydrogens is 447 g/mol. The number of aromatic nitrogens is 5. The lowest BCUT2D eigenvalue weighted by molar-refractivity contribution is -0.141. The van der Waals surface area contributed by atoms with Gasteiger partial charge in [0.1, 0.15) is 29.3 Å². The molecule has 1 saturated heterocycles. The number of ether oxygens (including phenoxy) is 1. The summed E-state index contributed by atoms with van der Waals surface area (Å²) in [5.41, 5.74) is 0.0148. The van der Waals surface area contributed by atoms with Crippen LogP contribution in [0.4, 0.5) is 27.8 Å². The van der Waals surface area contributed by atoms with E-state index in [0.717, 1.165) is 51.0 Å². The largest absolute Gasteiger partial charge is 0.489 e. The minimum atomic E-state index is -4.47. The van der Waals surface area contributed by atoms with Gasteiger partial charge in [-0.3, -0.25) is 0 Å². The Bertz CT molecular complexity index is 1120. The van der Waals surface area contributed by atoms with Crippen molar-refractivity contribution in [3.05, 3.63) is 36.4 Å². The van der Waals surface area contributed by atoms with E-state index in [1.165, 1.54) is 16.9 Å². The Labute approximate surface area is 185 Å². The van der Waals surface area contributed by atoms with Gasteiger partial charge in [0.25, 0.3) is 6.43 Å². The lowest BCUT2D eigenvalue weighted by Crippen LogP contribution is -2.51. The lowest BCUT2D eigenvalue weighted by atomic mass is 9.61. The normalized spacial score (nSPS) is 18.8. The Kier molecular flexibility index (Phi) is 5.32. The first-order chi connectivity index (χ1) is 15.7. The van der Waals surface area contributed by atoms with E-state index in [1.54, 1.807) is 6.20 Å². The molecule has 7 nitrogen and oxygen atoms in total. The molecule has 2 aliphatic rings. The maximum absolute atomic E-state index is 12.8. The Morgan fingerprint density at radius 2 is 1.82 bits per heavy atom. The molecule has 176 valence electrons. The van der Waals surface area contributed by atoms with Crippen LogP contribution in [0.5, 0.6) is 5.75 Å². The molecule has 1 spiro atoms. The molecule has 0 radical (unpaired) electrons. The van der Waals surface area contributed by atoms with Crippen LogP contribution in [-0.4, -0.2) is 50.4 Å². The zero-order valence-electron chi connectivity index (χ0n) is 17.5. The highest BCUT2D eigenvalue weighted by atomic mass is 19.4. The van der Waals surface area contributed by atoms with Crippen LogP contribution in [-0.2, 0) is 12.7 Å². The molecule has 0 aromatic carbocycles. The third kappa shape index (κ3) is 4.42. The Morgan fingerprint density at radius 3 is 2.45 bits per heavy atom. The molecule has 0 N–H and O–H groups in total. The van der Waals surface area contributed by atoms with E-state index in [0.29, 0.717) is 22.7 Å².